The lowest BCUT2D eigenvalue weighted by molar-refractivity contribution is 0.120. The Kier molecular flexibility index (Phi) is 6.36. The number of hydrogen-bond donors (Lipinski definition) is 2. The molecule has 186 valence electrons. The van der Waals surface area contributed by atoms with E-state index in [-0.39, 0.29) is 32.4 Å². The Morgan fingerprint density at radius 1 is 1.32 bits per heavy atom. The van der Waals surface area contributed by atoms with Crippen molar-refractivity contribution in [1.29, 1.82) is 0 Å². The van der Waals surface area contributed by atoms with Crippen LogP contribution in [0.2, 0.25) is 0 Å². The van der Waals surface area contributed by atoms with Gasteiger partial charge in [0.15, 0.2) is 9.84 Å². The molecule has 1 saturated heterocycles. The molecule has 2 aliphatic rings. The number of pyridine rings is 1. The Morgan fingerprint density at radius 2 is 2.00 bits per heavy atom. The number of halogens is 3. The SMILES string of the molecule is C[C@@H](O)c1cc(NC(=O)N2CCC([C@]3(F)CC3S(=O)(=O)c3cn(C)nc3C(F)F)CC2)ccn1. The van der Waals surface area contributed by atoms with Gasteiger partial charge in [-0.2, -0.15) is 5.10 Å². The number of anilines is 1. The number of carbonyl (C=O) groups excluding carboxylic acids is 1. The lowest BCUT2D eigenvalue weighted by Gasteiger charge is -2.34. The van der Waals surface area contributed by atoms with Gasteiger partial charge in [-0.1, -0.05) is 0 Å². The second-order valence-corrected chi connectivity index (χ2v) is 11.0. The topological polar surface area (TPSA) is 117 Å². The second kappa shape index (κ2) is 8.84. The van der Waals surface area contributed by atoms with Crippen LogP contribution in [-0.2, 0) is 16.9 Å². The average Bonchev–Trinajstić information content (AvgIpc) is 3.34. The second-order valence-electron chi connectivity index (χ2n) is 8.85. The summed E-state index contributed by atoms with van der Waals surface area (Å²) in [5.41, 5.74) is -2.02. The number of rotatable bonds is 6. The minimum Gasteiger partial charge on any atom is -0.387 e. The molecule has 2 N–H and O–H groups in total. The standard InChI is InChI=1S/C21H26F3N5O4S/c1-12(30)15-9-14(3-6-25-15)26-20(31)29-7-4-13(5-8-29)21(24)10-17(21)34(32,33)16-11-28(2)27-18(16)19(22)23/h3,6,9,11-13,17,19,30H,4-5,7-8,10H2,1-2H3,(H,25,26,31)/t12-,17?,21-/m1/s1. The molecule has 1 saturated carbocycles. The number of piperidine rings is 1. The molecule has 3 atom stereocenters. The first-order chi connectivity index (χ1) is 15.9. The molecule has 1 aliphatic heterocycles. The minimum atomic E-state index is -4.32. The molecule has 2 fully saturated rings. The van der Waals surface area contributed by atoms with Crippen LogP contribution in [0.25, 0.3) is 0 Å². The van der Waals surface area contributed by atoms with E-state index in [1.807, 2.05) is 0 Å². The molecular formula is C21H26F3N5O4S. The zero-order valence-electron chi connectivity index (χ0n) is 18.7. The van der Waals surface area contributed by atoms with Crippen LogP contribution in [0.4, 0.5) is 23.7 Å². The van der Waals surface area contributed by atoms with Crippen molar-refractivity contribution in [1.82, 2.24) is 19.7 Å². The lowest BCUT2D eigenvalue weighted by Crippen LogP contribution is -2.44. The zero-order chi connectivity index (χ0) is 24.8. The van der Waals surface area contributed by atoms with Crippen molar-refractivity contribution in [3.8, 4) is 0 Å². The summed E-state index contributed by atoms with van der Waals surface area (Å²) >= 11 is 0. The molecule has 0 spiro atoms. The third kappa shape index (κ3) is 4.50. The number of aryl methyl sites for hydroxylation is 1. The van der Waals surface area contributed by atoms with Crippen molar-refractivity contribution >= 4 is 21.6 Å². The number of aliphatic hydroxyl groups is 1. The van der Waals surface area contributed by atoms with Gasteiger partial charge in [0.1, 0.15) is 21.5 Å². The van der Waals surface area contributed by atoms with Gasteiger partial charge in [0, 0.05) is 44.6 Å². The predicted octanol–water partition coefficient (Wildman–Crippen LogP) is 3.00. The molecule has 4 rings (SSSR count). The summed E-state index contributed by atoms with van der Waals surface area (Å²) in [6.45, 7) is 2.00. The number of nitrogens with one attached hydrogen (secondary N) is 1. The van der Waals surface area contributed by atoms with Crippen molar-refractivity contribution in [2.24, 2.45) is 13.0 Å². The number of likely N-dealkylation sites (tertiary alicyclic amines) is 1. The summed E-state index contributed by atoms with van der Waals surface area (Å²) in [7, 11) is -2.99. The summed E-state index contributed by atoms with van der Waals surface area (Å²) in [4.78, 5) is 17.5. The summed E-state index contributed by atoms with van der Waals surface area (Å²) in [6, 6.07) is 2.74. The molecule has 0 aromatic carbocycles. The first kappa shape index (κ1) is 24.5. The van der Waals surface area contributed by atoms with E-state index >= 15 is 4.39 Å². The summed E-state index contributed by atoms with van der Waals surface area (Å²) in [5.74, 6) is -0.606. The smallest absolute Gasteiger partial charge is 0.321 e. The number of nitrogens with zero attached hydrogens (tertiary/aromatic N) is 4. The third-order valence-electron chi connectivity index (χ3n) is 6.50. The first-order valence-corrected chi connectivity index (χ1v) is 12.4. The minimum absolute atomic E-state index is 0.221. The number of aromatic nitrogens is 3. The van der Waals surface area contributed by atoms with Crippen LogP contribution < -0.4 is 5.32 Å². The molecular weight excluding hydrogens is 475 g/mol. The number of amides is 2. The number of urea groups is 1. The summed E-state index contributed by atoms with van der Waals surface area (Å²) in [6.07, 6.45) is -1.18. The van der Waals surface area contributed by atoms with Gasteiger partial charge < -0.3 is 15.3 Å². The van der Waals surface area contributed by atoms with E-state index < -0.39 is 55.8 Å². The van der Waals surface area contributed by atoms with Crippen molar-refractivity contribution < 1.29 is 31.5 Å². The summed E-state index contributed by atoms with van der Waals surface area (Å²) in [5, 5.41) is 14.5. The van der Waals surface area contributed by atoms with Gasteiger partial charge in [-0.15, -0.1) is 0 Å². The van der Waals surface area contributed by atoms with Gasteiger partial charge in [0.05, 0.1) is 11.8 Å². The Morgan fingerprint density at radius 3 is 2.62 bits per heavy atom. The van der Waals surface area contributed by atoms with E-state index in [0.717, 1.165) is 10.9 Å². The third-order valence-corrected chi connectivity index (χ3v) is 8.74. The fourth-order valence-corrected chi connectivity index (χ4v) is 6.76. The van der Waals surface area contributed by atoms with E-state index in [2.05, 4.69) is 15.4 Å². The number of carbonyl (C=O) groups is 1. The molecule has 1 unspecified atom stereocenters. The van der Waals surface area contributed by atoms with Gasteiger partial charge in [0.2, 0.25) is 0 Å². The van der Waals surface area contributed by atoms with E-state index in [1.54, 1.807) is 19.1 Å². The molecule has 13 heteroatoms. The van der Waals surface area contributed by atoms with Crippen molar-refractivity contribution in [3.63, 3.8) is 0 Å². The Bertz CT molecular complexity index is 1180. The summed E-state index contributed by atoms with van der Waals surface area (Å²) < 4.78 is 68.9. The van der Waals surface area contributed by atoms with Gasteiger partial charge in [-0.05, 0) is 37.8 Å². The van der Waals surface area contributed by atoms with E-state index in [0.29, 0.717) is 11.4 Å². The maximum absolute atomic E-state index is 15.6. The first-order valence-electron chi connectivity index (χ1n) is 10.9. The van der Waals surface area contributed by atoms with Crippen molar-refractivity contribution in [3.05, 3.63) is 35.9 Å². The molecule has 0 radical (unpaired) electrons. The van der Waals surface area contributed by atoms with Crippen LogP contribution in [0.1, 0.15) is 50.1 Å². The van der Waals surface area contributed by atoms with Crippen LogP contribution in [0, 0.1) is 5.92 Å². The number of sulfone groups is 1. The highest BCUT2D eigenvalue weighted by molar-refractivity contribution is 7.92. The Balaban J connectivity index is 1.38. The van der Waals surface area contributed by atoms with E-state index in [9.17, 15) is 27.1 Å². The molecule has 2 aromatic rings. The molecule has 2 aromatic heterocycles. The average molecular weight is 502 g/mol. The van der Waals surface area contributed by atoms with Crippen LogP contribution in [0.5, 0.6) is 0 Å². The normalized spacial score (nSPS) is 24.3. The highest BCUT2D eigenvalue weighted by Gasteiger charge is 2.67. The fourth-order valence-electron chi connectivity index (χ4n) is 4.55. The highest BCUT2D eigenvalue weighted by Crippen LogP contribution is 2.55. The van der Waals surface area contributed by atoms with Gasteiger partial charge in [0.25, 0.3) is 6.43 Å². The Hall–Kier alpha value is -2.67. The predicted molar refractivity (Wildman–Crippen MR) is 116 cm³/mol. The molecule has 34 heavy (non-hydrogen) atoms. The van der Waals surface area contributed by atoms with Crippen molar-refractivity contribution in [2.75, 3.05) is 18.4 Å². The van der Waals surface area contributed by atoms with Gasteiger partial charge in [-0.3, -0.25) is 9.67 Å². The van der Waals surface area contributed by atoms with Crippen molar-refractivity contribution in [2.45, 2.75) is 54.5 Å². The van der Waals surface area contributed by atoms with Crippen LogP contribution in [0.3, 0.4) is 0 Å². The largest absolute Gasteiger partial charge is 0.387 e. The molecule has 3 heterocycles. The van der Waals surface area contributed by atoms with Gasteiger partial charge in [-0.25, -0.2) is 26.4 Å². The lowest BCUT2D eigenvalue weighted by atomic mass is 9.90. The fraction of sp³-hybridized carbons (Fsp3) is 0.571. The Labute approximate surface area is 194 Å². The van der Waals surface area contributed by atoms with Gasteiger partial charge >= 0.3 is 6.03 Å². The maximum Gasteiger partial charge on any atom is 0.321 e. The zero-order valence-corrected chi connectivity index (χ0v) is 19.5. The quantitative estimate of drug-likeness (QED) is 0.629. The van der Waals surface area contributed by atoms with Crippen LogP contribution in [0.15, 0.2) is 29.4 Å². The number of alkyl halides is 3. The molecule has 1 aliphatic carbocycles. The number of hydrogen-bond acceptors (Lipinski definition) is 6. The number of aliphatic hydroxyl groups excluding tert-OH is 1. The highest BCUT2D eigenvalue weighted by atomic mass is 32.2. The monoisotopic (exact) mass is 501 g/mol. The molecule has 9 nitrogen and oxygen atoms in total. The maximum atomic E-state index is 15.6. The van der Waals surface area contributed by atoms with E-state index in [4.69, 9.17) is 0 Å². The van der Waals surface area contributed by atoms with E-state index in [1.165, 1.54) is 18.1 Å². The molecule has 0 bridgehead atoms. The van der Waals surface area contributed by atoms with Crippen LogP contribution >= 0.6 is 0 Å². The molecule has 2 amide bonds. The van der Waals surface area contributed by atoms with Crippen LogP contribution in [-0.4, -0.2) is 63.2 Å².